The van der Waals surface area contributed by atoms with Crippen LogP contribution in [0.4, 0.5) is 0 Å². The summed E-state index contributed by atoms with van der Waals surface area (Å²) < 4.78 is 19.1. The number of carbonyl (C=O) groups excluding carboxylic acids is 2. The highest BCUT2D eigenvalue weighted by Gasteiger charge is 2.18. The summed E-state index contributed by atoms with van der Waals surface area (Å²) in [6, 6.07) is 8.01. The number of hydrogen-bond donors (Lipinski definition) is 2. The summed E-state index contributed by atoms with van der Waals surface area (Å²) in [5, 5.41) is 0. The van der Waals surface area contributed by atoms with Gasteiger partial charge in [0.1, 0.15) is 5.75 Å². The van der Waals surface area contributed by atoms with E-state index in [0.717, 1.165) is 0 Å². The zero-order valence-electron chi connectivity index (χ0n) is 7.29. The van der Waals surface area contributed by atoms with Crippen molar-refractivity contribution in [1.82, 2.24) is 0 Å². The van der Waals surface area contributed by atoms with E-state index in [0.29, 0.717) is 0 Å². The molecule has 0 aliphatic heterocycles. The SMILES string of the molecule is O=CC(=O)CS(O)(O)c1ccccc1. The van der Waals surface area contributed by atoms with Crippen LogP contribution in [0, 0.1) is 0 Å². The number of ketones is 1. The van der Waals surface area contributed by atoms with Gasteiger partial charge < -0.3 is 0 Å². The Kier molecular flexibility index (Phi) is 3.40. The normalized spacial score (nSPS) is 12.1. The third-order valence-electron chi connectivity index (χ3n) is 1.60. The van der Waals surface area contributed by atoms with Crippen LogP contribution < -0.4 is 0 Å². The highest BCUT2D eigenvalue weighted by molar-refractivity contribution is 8.24. The highest BCUT2D eigenvalue weighted by Crippen LogP contribution is 2.47. The predicted octanol–water partition coefficient (Wildman–Crippen LogP) is 1.56. The zero-order chi connectivity index (χ0) is 10.6. The van der Waals surface area contributed by atoms with Gasteiger partial charge in [-0.25, -0.2) is 0 Å². The molecule has 14 heavy (non-hydrogen) atoms. The van der Waals surface area contributed by atoms with E-state index in [1.165, 1.54) is 12.1 Å². The van der Waals surface area contributed by atoms with Crippen LogP contribution in [0.15, 0.2) is 35.2 Å². The number of benzene rings is 1. The molecule has 0 aliphatic carbocycles. The lowest BCUT2D eigenvalue weighted by Gasteiger charge is -2.30. The minimum atomic E-state index is -3.15. The Balaban J connectivity index is 2.85. The van der Waals surface area contributed by atoms with Gasteiger partial charge in [-0.15, -0.1) is 0 Å². The van der Waals surface area contributed by atoms with E-state index in [4.69, 9.17) is 0 Å². The molecule has 0 fully saturated rings. The molecule has 1 aromatic rings. The summed E-state index contributed by atoms with van der Waals surface area (Å²) in [5.74, 6) is -1.35. The maximum atomic E-state index is 10.7. The lowest BCUT2D eigenvalue weighted by molar-refractivity contribution is -0.128. The monoisotopic (exact) mass is 214 g/mol. The first-order chi connectivity index (χ1) is 6.56. The van der Waals surface area contributed by atoms with Crippen molar-refractivity contribution in [2.45, 2.75) is 4.90 Å². The molecule has 4 nitrogen and oxygen atoms in total. The second-order valence-corrected chi connectivity index (χ2v) is 4.80. The summed E-state index contributed by atoms with van der Waals surface area (Å²) >= 11 is 0. The second kappa shape index (κ2) is 4.36. The molecule has 0 unspecified atom stereocenters. The molecule has 0 saturated carbocycles. The summed E-state index contributed by atoms with van der Waals surface area (Å²) in [6.07, 6.45) is 0.0944. The molecule has 0 spiro atoms. The van der Waals surface area contributed by atoms with Crippen molar-refractivity contribution in [3.8, 4) is 0 Å². The molecule has 0 bridgehead atoms. The van der Waals surface area contributed by atoms with Gasteiger partial charge in [0.05, 0.1) is 4.90 Å². The van der Waals surface area contributed by atoms with Gasteiger partial charge in [0, 0.05) is 0 Å². The number of rotatable bonds is 4. The van der Waals surface area contributed by atoms with Crippen LogP contribution in [0.25, 0.3) is 0 Å². The number of aldehydes is 1. The van der Waals surface area contributed by atoms with Crippen molar-refractivity contribution in [3.63, 3.8) is 0 Å². The summed E-state index contributed by atoms with van der Waals surface area (Å²) in [5.41, 5.74) is 0. The van der Waals surface area contributed by atoms with Gasteiger partial charge >= 0.3 is 0 Å². The molecule has 0 radical (unpaired) electrons. The topological polar surface area (TPSA) is 74.6 Å². The van der Waals surface area contributed by atoms with E-state index >= 15 is 0 Å². The lowest BCUT2D eigenvalue weighted by Crippen LogP contribution is -2.14. The fourth-order valence-corrected chi connectivity index (χ4v) is 2.18. The van der Waals surface area contributed by atoms with Gasteiger partial charge in [0.15, 0.2) is 6.29 Å². The average Bonchev–Trinajstić information content (AvgIpc) is 2.18. The minimum Gasteiger partial charge on any atom is -0.295 e. The molecule has 0 aromatic heterocycles. The number of carbonyl (C=O) groups is 2. The Morgan fingerprint density at radius 2 is 1.86 bits per heavy atom. The maximum Gasteiger partial charge on any atom is 0.214 e. The number of Topliss-reactive ketones (excluding diaryl/α,β-unsaturated/α-hetero) is 1. The van der Waals surface area contributed by atoms with Crippen LogP contribution in [-0.2, 0) is 9.59 Å². The molecule has 5 heteroatoms. The van der Waals surface area contributed by atoms with Crippen molar-refractivity contribution in [2.75, 3.05) is 5.75 Å². The third-order valence-corrected chi connectivity index (χ3v) is 3.31. The fourth-order valence-electron chi connectivity index (χ4n) is 0.954. The van der Waals surface area contributed by atoms with Crippen LogP contribution in [0.3, 0.4) is 0 Å². The second-order valence-electron chi connectivity index (χ2n) is 2.71. The first-order valence-electron chi connectivity index (χ1n) is 3.85. The van der Waals surface area contributed by atoms with Crippen molar-refractivity contribution < 1.29 is 18.7 Å². The fraction of sp³-hybridized carbons (Fsp3) is 0.111. The minimum absolute atomic E-state index is 0.0944. The summed E-state index contributed by atoms with van der Waals surface area (Å²) in [6.45, 7) is 0. The molecule has 1 rings (SSSR count). The maximum absolute atomic E-state index is 10.7. The summed E-state index contributed by atoms with van der Waals surface area (Å²) in [4.78, 5) is 21.1. The Labute approximate surface area is 82.9 Å². The van der Waals surface area contributed by atoms with E-state index in [1.807, 2.05) is 0 Å². The van der Waals surface area contributed by atoms with E-state index < -0.39 is 22.1 Å². The molecule has 0 amide bonds. The highest BCUT2D eigenvalue weighted by atomic mass is 32.3. The van der Waals surface area contributed by atoms with Gasteiger partial charge in [-0.2, -0.15) is 10.6 Å². The molecule has 1 aromatic carbocycles. The third kappa shape index (κ3) is 2.66. The van der Waals surface area contributed by atoms with Crippen LogP contribution in [0.2, 0.25) is 0 Å². The largest absolute Gasteiger partial charge is 0.295 e. The van der Waals surface area contributed by atoms with Gasteiger partial charge in [-0.05, 0) is 12.1 Å². The van der Waals surface area contributed by atoms with Crippen LogP contribution in [0.1, 0.15) is 0 Å². The van der Waals surface area contributed by atoms with Gasteiger partial charge in [-0.1, -0.05) is 18.2 Å². The standard InChI is InChI=1S/C9H10O4S/c10-6-8(11)7-14(12,13)9-4-2-1-3-5-9/h1-6,12-13H,7H2. The van der Waals surface area contributed by atoms with Crippen LogP contribution in [-0.4, -0.2) is 26.9 Å². The molecule has 76 valence electrons. The Morgan fingerprint density at radius 3 is 2.36 bits per heavy atom. The summed E-state index contributed by atoms with van der Waals surface area (Å²) in [7, 11) is -3.15. The van der Waals surface area contributed by atoms with Gasteiger partial charge in [-0.3, -0.25) is 18.7 Å². The Hall–Kier alpha value is -1.17. The van der Waals surface area contributed by atoms with Crippen LogP contribution >= 0.6 is 10.6 Å². The zero-order valence-corrected chi connectivity index (χ0v) is 8.11. The predicted molar refractivity (Wildman–Crippen MR) is 53.5 cm³/mol. The lowest BCUT2D eigenvalue weighted by atomic mass is 10.4. The molecule has 0 heterocycles. The Morgan fingerprint density at radius 1 is 1.29 bits per heavy atom. The molecular formula is C9H10O4S. The van der Waals surface area contributed by atoms with Crippen molar-refractivity contribution >= 4 is 22.7 Å². The molecular weight excluding hydrogens is 204 g/mol. The first kappa shape index (κ1) is 10.9. The molecule has 2 N–H and O–H groups in total. The van der Waals surface area contributed by atoms with Crippen molar-refractivity contribution in [1.29, 1.82) is 0 Å². The van der Waals surface area contributed by atoms with E-state index in [9.17, 15) is 18.7 Å². The molecule has 0 atom stereocenters. The van der Waals surface area contributed by atoms with E-state index in [1.54, 1.807) is 18.2 Å². The first-order valence-corrected chi connectivity index (χ1v) is 5.57. The molecule has 0 saturated heterocycles. The van der Waals surface area contributed by atoms with Gasteiger partial charge in [0.25, 0.3) is 0 Å². The molecule has 0 aliphatic rings. The van der Waals surface area contributed by atoms with E-state index in [-0.39, 0.29) is 11.2 Å². The van der Waals surface area contributed by atoms with Crippen LogP contribution in [0.5, 0.6) is 0 Å². The number of hydrogen-bond acceptors (Lipinski definition) is 4. The average molecular weight is 214 g/mol. The van der Waals surface area contributed by atoms with E-state index in [2.05, 4.69) is 0 Å². The smallest absolute Gasteiger partial charge is 0.214 e. The van der Waals surface area contributed by atoms with Crippen molar-refractivity contribution in [3.05, 3.63) is 30.3 Å². The Bertz CT molecular complexity index is 334. The quantitative estimate of drug-likeness (QED) is 0.589. The van der Waals surface area contributed by atoms with Crippen molar-refractivity contribution in [2.24, 2.45) is 0 Å². The van der Waals surface area contributed by atoms with Gasteiger partial charge in [0.2, 0.25) is 5.78 Å².